The number of benzene rings is 2. The fourth-order valence-corrected chi connectivity index (χ4v) is 3.99. The van der Waals surface area contributed by atoms with Crippen LogP contribution in [0.5, 0.6) is 0 Å². The highest BCUT2D eigenvalue weighted by atomic mass is 32.2. The van der Waals surface area contributed by atoms with Crippen molar-refractivity contribution in [3.8, 4) is 0 Å². The summed E-state index contributed by atoms with van der Waals surface area (Å²) in [6.07, 6.45) is 13.7. The second kappa shape index (κ2) is 8.70. The van der Waals surface area contributed by atoms with Crippen LogP contribution in [0.15, 0.2) is 96.9 Å². The standard InChI is InChI=1S/C21H20N6O3S/c22-27-25-20-10-6-15-12-17(31(28,29)30)8-9-18(15)21(20)26-24-16-7-11-19(23-13-16)14-4-2-1-3-5-14/h1-4,6,8-14,16H,5,7H2,(H2,22,25)(H,28,29,30)/b26-24+. The van der Waals surface area contributed by atoms with E-state index in [0.29, 0.717) is 28.6 Å². The van der Waals surface area contributed by atoms with Crippen LogP contribution in [0.2, 0.25) is 0 Å². The molecule has 1 aliphatic carbocycles. The van der Waals surface area contributed by atoms with Crippen LogP contribution in [0.1, 0.15) is 12.8 Å². The lowest BCUT2D eigenvalue weighted by molar-refractivity contribution is 0.483. The van der Waals surface area contributed by atoms with Gasteiger partial charge in [-0.25, -0.2) is 0 Å². The lowest BCUT2D eigenvalue weighted by atomic mass is 9.95. The Morgan fingerprint density at radius 2 is 1.97 bits per heavy atom. The van der Waals surface area contributed by atoms with Crippen molar-refractivity contribution in [2.75, 3.05) is 0 Å². The topological polar surface area (TPSA) is 142 Å². The maximum absolute atomic E-state index is 11.4. The predicted octanol–water partition coefficient (Wildman–Crippen LogP) is 4.99. The number of allylic oxidation sites excluding steroid dienone is 4. The normalized spacial score (nSPS) is 21.4. The van der Waals surface area contributed by atoms with Crippen LogP contribution in [0.25, 0.3) is 10.8 Å². The lowest BCUT2D eigenvalue weighted by Crippen LogP contribution is -2.12. The molecule has 0 fully saturated rings. The van der Waals surface area contributed by atoms with Crippen molar-refractivity contribution in [3.63, 3.8) is 0 Å². The first-order chi connectivity index (χ1) is 15.0. The summed E-state index contributed by atoms with van der Waals surface area (Å²) in [6, 6.07) is 7.21. The Morgan fingerprint density at radius 1 is 1.10 bits per heavy atom. The first-order valence-electron chi connectivity index (χ1n) is 9.59. The number of aliphatic imine (C=N–C) groups is 1. The zero-order valence-electron chi connectivity index (χ0n) is 16.4. The minimum atomic E-state index is -4.32. The van der Waals surface area contributed by atoms with Gasteiger partial charge in [0.2, 0.25) is 0 Å². The average molecular weight is 436 g/mol. The van der Waals surface area contributed by atoms with Gasteiger partial charge in [0.1, 0.15) is 17.4 Å². The van der Waals surface area contributed by atoms with E-state index in [0.717, 1.165) is 12.1 Å². The van der Waals surface area contributed by atoms with Gasteiger partial charge in [0, 0.05) is 23.2 Å². The second-order valence-corrected chi connectivity index (χ2v) is 8.51. The van der Waals surface area contributed by atoms with E-state index in [1.165, 1.54) is 18.2 Å². The van der Waals surface area contributed by atoms with E-state index < -0.39 is 10.1 Å². The summed E-state index contributed by atoms with van der Waals surface area (Å²) < 4.78 is 32.2. The van der Waals surface area contributed by atoms with Crippen molar-refractivity contribution in [2.45, 2.75) is 23.8 Å². The minimum Gasteiger partial charge on any atom is -0.305 e. The van der Waals surface area contributed by atoms with Gasteiger partial charge in [-0.2, -0.15) is 18.6 Å². The molecule has 1 heterocycles. The predicted molar refractivity (Wildman–Crippen MR) is 118 cm³/mol. The first-order valence-corrected chi connectivity index (χ1v) is 11.0. The van der Waals surface area contributed by atoms with Crippen LogP contribution < -0.4 is 5.84 Å². The summed E-state index contributed by atoms with van der Waals surface area (Å²) in [6.45, 7) is 0. The molecule has 2 aromatic rings. The minimum absolute atomic E-state index is 0.209. The maximum atomic E-state index is 11.4. The highest BCUT2D eigenvalue weighted by molar-refractivity contribution is 7.85. The third kappa shape index (κ3) is 4.65. The van der Waals surface area contributed by atoms with Crippen molar-refractivity contribution in [1.82, 2.24) is 0 Å². The van der Waals surface area contributed by atoms with E-state index in [4.69, 9.17) is 5.84 Å². The lowest BCUT2D eigenvalue weighted by Gasteiger charge is -2.17. The number of hydrogen-bond acceptors (Lipinski definition) is 7. The molecule has 2 unspecified atom stereocenters. The average Bonchev–Trinajstić information content (AvgIpc) is 2.78. The molecule has 3 N–H and O–H groups in total. The Morgan fingerprint density at radius 3 is 2.65 bits per heavy atom. The fourth-order valence-electron chi connectivity index (χ4n) is 3.47. The molecule has 2 aliphatic rings. The number of nitrogens with two attached hydrogens (primary N) is 1. The molecule has 10 heteroatoms. The van der Waals surface area contributed by atoms with Crippen LogP contribution in [0.4, 0.5) is 11.4 Å². The Hall–Kier alpha value is -3.50. The number of azo groups is 1. The molecule has 0 radical (unpaired) electrons. The van der Waals surface area contributed by atoms with Crippen molar-refractivity contribution < 1.29 is 13.0 Å². The summed E-state index contributed by atoms with van der Waals surface area (Å²) in [5, 5.41) is 17.1. The molecule has 158 valence electrons. The number of nitrogens with zero attached hydrogens (tertiary/aromatic N) is 5. The molecular formula is C21H20N6O3S. The van der Waals surface area contributed by atoms with Crippen LogP contribution in [-0.4, -0.2) is 25.2 Å². The van der Waals surface area contributed by atoms with Gasteiger partial charge >= 0.3 is 0 Å². The summed E-state index contributed by atoms with van der Waals surface area (Å²) in [5.41, 5.74) is 1.81. The zero-order valence-corrected chi connectivity index (χ0v) is 17.2. The Labute approximate surface area is 179 Å². The molecule has 0 spiro atoms. The largest absolute Gasteiger partial charge is 0.305 e. The van der Waals surface area contributed by atoms with E-state index >= 15 is 0 Å². The molecule has 0 bridgehead atoms. The van der Waals surface area contributed by atoms with Gasteiger partial charge in [0.25, 0.3) is 10.1 Å². The molecule has 0 saturated carbocycles. The molecule has 2 atom stereocenters. The van der Waals surface area contributed by atoms with Gasteiger partial charge in [-0.15, -0.1) is 5.11 Å². The molecule has 0 saturated heterocycles. The molecule has 31 heavy (non-hydrogen) atoms. The fraction of sp³-hybridized carbons (Fsp3) is 0.190. The van der Waals surface area contributed by atoms with E-state index in [-0.39, 0.29) is 16.9 Å². The Balaban J connectivity index is 1.62. The van der Waals surface area contributed by atoms with Crippen LogP contribution >= 0.6 is 0 Å². The van der Waals surface area contributed by atoms with Gasteiger partial charge in [0.05, 0.1) is 4.90 Å². The van der Waals surface area contributed by atoms with Gasteiger partial charge in [-0.3, -0.25) is 9.55 Å². The van der Waals surface area contributed by atoms with Crippen LogP contribution in [0, 0.1) is 5.92 Å². The van der Waals surface area contributed by atoms with Gasteiger partial charge in [0.15, 0.2) is 0 Å². The quantitative estimate of drug-likeness (QED) is 0.295. The monoisotopic (exact) mass is 436 g/mol. The van der Waals surface area contributed by atoms with E-state index in [1.54, 1.807) is 18.3 Å². The third-order valence-electron chi connectivity index (χ3n) is 5.04. The maximum Gasteiger partial charge on any atom is 0.294 e. The third-order valence-corrected chi connectivity index (χ3v) is 5.89. The van der Waals surface area contributed by atoms with E-state index in [2.05, 4.69) is 43.8 Å². The molecular weight excluding hydrogens is 416 g/mol. The zero-order chi connectivity index (χ0) is 21.8. The number of rotatable bonds is 5. The smallest absolute Gasteiger partial charge is 0.294 e. The molecule has 0 aromatic heterocycles. The Kier molecular flexibility index (Phi) is 5.83. The summed E-state index contributed by atoms with van der Waals surface area (Å²) in [4.78, 5) is 4.34. The number of fused-ring (bicyclic) bond motifs is 1. The number of hydrogen-bond donors (Lipinski definition) is 2. The van der Waals surface area contributed by atoms with Crippen molar-refractivity contribution in [1.29, 1.82) is 0 Å². The summed E-state index contributed by atoms with van der Waals surface area (Å²) in [5.74, 6) is 5.50. The van der Waals surface area contributed by atoms with Gasteiger partial charge in [-0.05, 0) is 36.4 Å². The molecule has 0 amide bonds. The molecule has 2 aromatic carbocycles. The molecule has 9 nitrogen and oxygen atoms in total. The van der Waals surface area contributed by atoms with Crippen molar-refractivity contribution in [2.24, 2.45) is 37.3 Å². The van der Waals surface area contributed by atoms with Crippen LogP contribution in [0.3, 0.4) is 0 Å². The Bertz CT molecular complexity index is 1290. The molecule has 4 rings (SSSR count). The first kappa shape index (κ1) is 20.8. The van der Waals surface area contributed by atoms with Crippen molar-refractivity contribution >= 4 is 38.5 Å². The highest BCUT2D eigenvalue weighted by Crippen LogP contribution is 2.37. The van der Waals surface area contributed by atoms with Crippen molar-refractivity contribution in [3.05, 3.63) is 66.4 Å². The summed E-state index contributed by atoms with van der Waals surface area (Å²) >= 11 is 0. The SMILES string of the molecule is NN=Nc1ccc2cc(S(=O)(=O)O)ccc2c1/N=N/C1C=NC(C2C=CC=CC2)=CC1. The second-order valence-electron chi connectivity index (χ2n) is 7.09. The van der Waals surface area contributed by atoms with Gasteiger partial charge in [-0.1, -0.05) is 47.7 Å². The van der Waals surface area contributed by atoms with E-state index in [9.17, 15) is 13.0 Å². The highest BCUT2D eigenvalue weighted by Gasteiger charge is 2.17. The van der Waals surface area contributed by atoms with E-state index in [1.807, 2.05) is 12.2 Å². The van der Waals surface area contributed by atoms with Gasteiger partial charge < -0.3 is 5.84 Å². The molecule has 1 aliphatic heterocycles. The summed E-state index contributed by atoms with van der Waals surface area (Å²) in [7, 11) is -4.32. The van der Waals surface area contributed by atoms with Crippen LogP contribution in [-0.2, 0) is 10.1 Å².